The summed E-state index contributed by atoms with van der Waals surface area (Å²) in [6, 6.07) is 5.06. The largest absolute Gasteiger partial charge is 0.378 e. The van der Waals surface area contributed by atoms with Gasteiger partial charge in [-0.05, 0) is 17.7 Å². The smallest absolute Gasteiger partial charge is 0.253 e. The maximum absolute atomic E-state index is 12.7. The monoisotopic (exact) mass is 282 g/mol. The molecule has 19 heavy (non-hydrogen) atoms. The van der Waals surface area contributed by atoms with E-state index < -0.39 is 17.8 Å². The van der Waals surface area contributed by atoms with Crippen molar-refractivity contribution in [3.05, 3.63) is 40.7 Å². The zero-order valence-electron chi connectivity index (χ0n) is 9.71. The van der Waals surface area contributed by atoms with Crippen LogP contribution in [-0.2, 0) is 11.3 Å². The number of rotatable bonds is 4. The topological polar surface area (TPSA) is 101 Å². The molecular weight excluding hydrogens is 271 g/mol. The van der Waals surface area contributed by atoms with Crippen molar-refractivity contribution in [1.29, 1.82) is 0 Å². The molecule has 4 N–H and O–H groups in total. The maximum atomic E-state index is 12.7. The Morgan fingerprint density at radius 2 is 2.11 bits per heavy atom. The summed E-state index contributed by atoms with van der Waals surface area (Å²) in [6.45, 7) is 0.131. The fourth-order valence-corrected chi connectivity index (χ4v) is 1.94. The Bertz CT molecular complexity index is 572. The highest BCUT2D eigenvalue weighted by molar-refractivity contribution is 7.15. The second kappa shape index (κ2) is 5.72. The molecule has 0 unspecified atom stereocenters. The Hall–Kier alpha value is -2.06. The number of carbonyl (C=O) groups is 1. The molecule has 0 spiro atoms. The number of aromatic nitrogens is 2. The predicted molar refractivity (Wildman–Crippen MR) is 67.5 cm³/mol. The first-order chi connectivity index (χ1) is 9.06. The number of halogens is 1. The SMILES string of the molecule is Nc1nnc(CNC(=O)[C@H](O)c2ccc(F)cc2)s1. The molecule has 2 rings (SSSR count). The van der Waals surface area contributed by atoms with E-state index in [0.29, 0.717) is 15.7 Å². The lowest BCUT2D eigenvalue weighted by Crippen LogP contribution is -2.28. The van der Waals surface area contributed by atoms with E-state index in [0.717, 1.165) is 11.3 Å². The van der Waals surface area contributed by atoms with Crippen molar-refractivity contribution in [1.82, 2.24) is 15.5 Å². The second-order valence-electron chi connectivity index (χ2n) is 3.71. The quantitative estimate of drug-likeness (QED) is 0.762. The Kier molecular flexibility index (Phi) is 4.03. The first kappa shape index (κ1) is 13.4. The van der Waals surface area contributed by atoms with E-state index in [9.17, 15) is 14.3 Å². The van der Waals surface area contributed by atoms with E-state index in [2.05, 4.69) is 15.5 Å². The van der Waals surface area contributed by atoms with Crippen LogP contribution in [-0.4, -0.2) is 21.2 Å². The van der Waals surface area contributed by atoms with Crippen LogP contribution in [0.4, 0.5) is 9.52 Å². The van der Waals surface area contributed by atoms with Crippen molar-refractivity contribution in [2.24, 2.45) is 0 Å². The number of anilines is 1. The number of aliphatic hydroxyl groups excluding tert-OH is 1. The Balaban J connectivity index is 1.94. The van der Waals surface area contributed by atoms with E-state index in [1.54, 1.807) is 0 Å². The Labute approximate surface area is 112 Å². The van der Waals surface area contributed by atoms with Crippen LogP contribution in [0.5, 0.6) is 0 Å². The van der Waals surface area contributed by atoms with Crippen molar-refractivity contribution in [2.75, 3.05) is 5.73 Å². The minimum Gasteiger partial charge on any atom is -0.378 e. The van der Waals surface area contributed by atoms with Crippen LogP contribution in [0.2, 0.25) is 0 Å². The van der Waals surface area contributed by atoms with Crippen molar-refractivity contribution >= 4 is 22.4 Å². The Morgan fingerprint density at radius 1 is 1.42 bits per heavy atom. The number of nitrogen functional groups attached to an aromatic ring is 1. The lowest BCUT2D eigenvalue weighted by atomic mass is 10.1. The molecule has 1 aromatic carbocycles. The second-order valence-corrected chi connectivity index (χ2v) is 4.80. The lowest BCUT2D eigenvalue weighted by Gasteiger charge is -2.10. The molecule has 0 aliphatic carbocycles. The molecule has 0 aliphatic heterocycles. The van der Waals surface area contributed by atoms with Crippen molar-refractivity contribution in [3.63, 3.8) is 0 Å². The molecule has 0 bridgehead atoms. The highest BCUT2D eigenvalue weighted by Crippen LogP contribution is 2.14. The van der Waals surface area contributed by atoms with Gasteiger partial charge in [-0.15, -0.1) is 10.2 Å². The van der Waals surface area contributed by atoms with E-state index in [1.165, 1.54) is 24.3 Å². The molecule has 1 amide bonds. The third kappa shape index (κ3) is 3.46. The fraction of sp³-hybridized carbons (Fsp3) is 0.182. The third-order valence-corrected chi connectivity index (χ3v) is 3.08. The van der Waals surface area contributed by atoms with Gasteiger partial charge in [0.15, 0.2) is 6.10 Å². The van der Waals surface area contributed by atoms with Gasteiger partial charge in [0.2, 0.25) is 5.13 Å². The number of benzene rings is 1. The average molecular weight is 282 g/mol. The minimum atomic E-state index is -1.36. The number of hydrogen-bond acceptors (Lipinski definition) is 6. The number of aliphatic hydroxyl groups is 1. The number of nitrogens with one attached hydrogen (secondary N) is 1. The van der Waals surface area contributed by atoms with Crippen molar-refractivity contribution < 1.29 is 14.3 Å². The van der Waals surface area contributed by atoms with Gasteiger partial charge < -0.3 is 16.2 Å². The maximum Gasteiger partial charge on any atom is 0.253 e. The number of hydrogen-bond donors (Lipinski definition) is 3. The molecule has 1 heterocycles. The van der Waals surface area contributed by atoms with Crippen LogP contribution in [0.15, 0.2) is 24.3 Å². The van der Waals surface area contributed by atoms with Gasteiger partial charge in [-0.2, -0.15) is 0 Å². The summed E-state index contributed by atoms with van der Waals surface area (Å²) in [5.74, 6) is -1.03. The minimum absolute atomic E-state index is 0.131. The summed E-state index contributed by atoms with van der Waals surface area (Å²) in [6.07, 6.45) is -1.36. The summed E-state index contributed by atoms with van der Waals surface area (Å²) in [5, 5.41) is 20.4. The number of nitrogens with two attached hydrogens (primary N) is 1. The molecule has 1 aromatic heterocycles. The normalized spacial score (nSPS) is 12.1. The molecule has 0 saturated heterocycles. The van der Waals surface area contributed by atoms with Gasteiger partial charge >= 0.3 is 0 Å². The van der Waals surface area contributed by atoms with Gasteiger partial charge in [0.05, 0.1) is 6.54 Å². The first-order valence-corrected chi connectivity index (χ1v) is 6.17. The number of nitrogens with zero attached hydrogens (tertiary/aromatic N) is 2. The lowest BCUT2D eigenvalue weighted by molar-refractivity contribution is -0.129. The van der Waals surface area contributed by atoms with Gasteiger partial charge in [-0.1, -0.05) is 23.5 Å². The molecule has 0 fully saturated rings. The molecular formula is C11H11FN4O2S. The molecule has 100 valence electrons. The van der Waals surface area contributed by atoms with Gasteiger partial charge in [-0.3, -0.25) is 4.79 Å². The molecule has 8 heteroatoms. The molecule has 0 radical (unpaired) electrons. The summed E-state index contributed by atoms with van der Waals surface area (Å²) in [4.78, 5) is 11.7. The standard InChI is InChI=1S/C11H11FN4O2S/c12-7-3-1-6(2-4-7)9(17)10(18)14-5-8-15-16-11(13)19-8/h1-4,9,17H,5H2,(H2,13,16)(H,14,18)/t9-/m1/s1. The van der Waals surface area contributed by atoms with Crippen LogP contribution in [0, 0.1) is 5.82 Å². The third-order valence-electron chi connectivity index (χ3n) is 2.33. The fourth-order valence-electron chi connectivity index (χ4n) is 1.39. The van der Waals surface area contributed by atoms with Crippen molar-refractivity contribution in [2.45, 2.75) is 12.6 Å². The highest BCUT2D eigenvalue weighted by atomic mass is 32.1. The van der Waals surface area contributed by atoms with E-state index in [-0.39, 0.29) is 6.54 Å². The average Bonchev–Trinajstić information content (AvgIpc) is 2.82. The molecule has 2 aromatic rings. The predicted octanol–water partition coefficient (Wildman–Crippen LogP) is 0.609. The van der Waals surface area contributed by atoms with E-state index in [4.69, 9.17) is 5.73 Å². The van der Waals surface area contributed by atoms with Gasteiger partial charge in [0, 0.05) is 0 Å². The molecule has 6 nitrogen and oxygen atoms in total. The zero-order chi connectivity index (χ0) is 13.8. The van der Waals surface area contributed by atoms with Gasteiger partial charge in [-0.25, -0.2) is 4.39 Å². The summed E-state index contributed by atoms with van der Waals surface area (Å²) in [7, 11) is 0. The first-order valence-electron chi connectivity index (χ1n) is 5.35. The zero-order valence-corrected chi connectivity index (χ0v) is 10.5. The van der Waals surface area contributed by atoms with Crippen LogP contribution in [0.3, 0.4) is 0 Å². The van der Waals surface area contributed by atoms with Crippen molar-refractivity contribution in [3.8, 4) is 0 Å². The summed E-state index contributed by atoms with van der Waals surface area (Å²) >= 11 is 1.15. The van der Waals surface area contributed by atoms with Crippen LogP contribution in [0.1, 0.15) is 16.7 Å². The molecule has 0 aliphatic rings. The number of carbonyl (C=O) groups excluding carboxylic acids is 1. The molecule has 1 atom stereocenters. The van der Waals surface area contributed by atoms with E-state index in [1.807, 2.05) is 0 Å². The van der Waals surface area contributed by atoms with E-state index >= 15 is 0 Å². The Morgan fingerprint density at radius 3 is 2.68 bits per heavy atom. The molecule has 0 saturated carbocycles. The summed E-state index contributed by atoms with van der Waals surface area (Å²) < 4.78 is 12.7. The van der Waals surface area contributed by atoms with Crippen LogP contribution in [0.25, 0.3) is 0 Å². The van der Waals surface area contributed by atoms with Gasteiger partial charge in [0.1, 0.15) is 10.8 Å². The number of amides is 1. The highest BCUT2D eigenvalue weighted by Gasteiger charge is 2.17. The van der Waals surface area contributed by atoms with Crippen LogP contribution >= 0.6 is 11.3 Å². The van der Waals surface area contributed by atoms with Gasteiger partial charge in [0.25, 0.3) is 5.91 Å². The summed E-state index contributed by atoms with van der Waals surface area (Å²) in [5.41, 5.74) is 5.71. The van der Waals surface area contributed by atoms with Crippen LogP contribution < -0.4 is 11.1 Å².